The number of furan rings is 1. The Labute approximate surface area is 132 Å². The van der Waals surface area contributed by atoms with Gasteiger partial charge < -0.3 is 9.73 Å². The quantitative estimate of drug-likeness (QED) is 0.786. The van der Waals surface area contributed by atoms with Gasteiger partial charge in [0.2, 0.25) is 5.91 Å². The second-order valence-corrected chi connectivity index (χ2v) is 4.91. The molecule has 0 bridgehead atoms. The summed E-state index contributed by atoms with van der Waals surface area (Å²) in [5, 5.41) is 2.79. The molecule has 2 heterocycles. The zero-order chi connectivity index (χ0) is 16.1. The Hall–Kier alpha value is -3.02. The summed E-state index contributed by atoms with van der Waals surface area (Å²) in [6, 6.07) is 9.40. The summed E-state index contributed by atoms with van der Waals surface area (Å²) >= 11 is 0. The Morgan fingerprint density at radius 3 is 2.65 bits per heavy atom. The third-order valence-electron chi connectivity index (χ3n) is 3.26. The van der Waals surface area contributed by atoms with Gasteiger partial charge in [0.1, 0.15) is 11.5 Å². The zero-order valence-electron chi connectivity index (χ0n) is 12.2. The first-order chi connectivity index (χ1) is 11.2. The van der Waals surface area contributed by atoms with E-state index in [2.05, 4.69) is 15.3 Å². The first-order valence-corrected chi connectivity index (χ1v) is 7.07. The molecule has 0 aliphatic carbocycles. The SMILES string of the molecule is O=C(Cc1ccc(F)cc1)NCc1nccnc1-c1ccco1. The fourth-order valence-electron chi connectivity index (χ4n) is 2.15. The Bertz CT molecular complexity index is 786. The third kappa shape index (κ3) is 3.79. The molecule has 1 aromatic carbocycles. The monoisotopic (exact) mass is 311 g/mol. The number of hydrogen-bond donors (Lipinski definition) is 1. The van der Waals surface area contributed by atoms with Crippen molar-refractivity contribution in [2.45, 2.75) is 13.0 Å². The van der Waals surface area contributed by atoms with E-state index < -0.39 is 0 Å². The zero-order valence-corrected chi connectivity index (χ0v) is 12.2. The maximum Gasteiger partial charge on any atom is 0.224 e. The minimum atomic E-state index is -0.322. The van der Waals surface area contributed by atoms with E-state index in [1.54, 1.807) is 42.9 Å². The highest BCUT2D eigenvalue weighted by atomic mass is 19.1. The molecular weight excluding hydrogens is 297 g/mol. The van der Waals surface area contributed by atoms with Crippen LogP contribution in [0.25, 0.3) is 11.5 Å². The maximum atomic E-state index is 12.8. The van der Waals surface area contributed by atoms with Gasteiger partial charge in [-0.25, -0.2) is 9.37 Å². The lowest BCUT2D eigenvalue weighted by molar-refractivity contribution is -0.120. The molecule has 3 rings (SSSR count). The lowest BCUT2D eigenvalue weighted by atomic mass is 10.1. The van der Waals surface area contributed by atoms with Crippen LogP contribution in [0, 0.1) is 5.82 Å². The van der Waals surface area contributed by atoms with Crippen LogP contribution >= 0.6 is 0 Å². The van der Waals surface area contributed by atoms with Gasteiger partial charge in [0, 0.05) is 12.4 Å². The van der Waals surface area contributed by atoms with Crippen LogP contribution in [0.5, 0.6) is 0 Å². The number of rotatable bonds is 5. The predicted octanol–water partition coefficient (Wildman–Crippen LogP) is 2.73. The summed E-state index contributed by atoms with van der Waals surface area (Å²) in [5.74, 6) is 0.102. The molecule has 0 spiro atoms. The average Bonchev–Trinajstić information content (AvgIpc) is 3.10. The molecule has 0 aliphatic heterocycles. The topological polar surface area (TPSA) is 68.0 Å². The van der Waals surface area contributed by atoms with Crippen LogP contribution in [0.1, 0.15) is 11.3 Å². The Balaban J connectivity index is 1.64. The number of nitrogens with zero attached hydrogens (tertiary/aromatic N) is 2. The van der Waals surface area contributed by atoms with Crippen LogP contribution in [0.3, 0.4) is 0 Å². The van der Waals surface area contributed by atoms with E-state index >= 15 is 0 Å². The smallest absolute Gasteiger partial charge is 0.224 e. The first-order valence-electron chi connectivity index (χ1n) is 7.07. The lowest BCUT2D eigenvalue weighted by Crippen LogP contribution is -2.25. The summed E-state index contributed by atoms with van der Waals surface area (Å²) in [7, 11) is 0. The van der Waals surface area contributed by atoms with Crippen molar-refractivity contribution in [3.8, 4) is 11.5 Å². The van der Waals surface area contributed by atoms with Gasteiger partial charge >= 0.3 is 0 Å². The van der Waals surface area contributed by atoms with Crippen LogP contribution in [0.4, 0.5) is 4.39 Å². The van der Waals surface area contributed by atoms with Crippen molar-refractivity contribution < 1.29 is 13.6 Å². The lowest BCUT2D eigenvalue weighted by Gasteiger charge is -2.07. The largest absolute Gasteiger partial charge is 0.463 e. The summed E-state index contributed by atoms with van der Waals surface area (Å²) < 4.78 is 18.2. The number of aromatic nitrogens is 2. The van der Waals surface area contributed by atoms with E-state index in [0.717, 1.165) is 5.56 Å². The van der Waals surface area contributed by atoms with Crippen LogP contribution in [-0.4, -0.2) is 15.9 Å². The average molecular weight is 311 g/mol. The number of carbonyl (C=O) groups is 1. The molecule has 23 heavy (non-hydrogen) atoms. The van der Waals surface area contributed by atoms with E-state index in [1.165, 1.54) is 12.1 Å². The molecular formula is C17H14FN3O2. The third-order valence-corrected chi connectivity index (χ3v) is 3.26. The summed E-state index contributed by atoms with van der Waals surface area (Å²) in [5.41, 5.74) is 1.96. The molecule has 1 N–H and O–H groups in total. The standard InChI is InChI=1S/C17H14FN3O2/c18-13-5-3-12(4-6-13)10-16(22)21-11-14-17(20-8-7-19-14)15-2-1-9-23-15/h1-9H,10-11H2,(H,21,22). The molecule has 0 saturated heterocycles. The minimum absolute atomic E-state index is 0.173. The molecule has 0 unspecified atom stereocenters. The molecule has 2 aromatic heterocycles. The second kappa shape index (κ2) is 6.83. The highest BCUT2D eigenvalue weighted by molar-refractivity contribution is 5.78. The van der Waals surface area contributed by atoms with Gasteiger partial charge in [-0.2, -0.15) is 0 Å². The number of nitrogens with one attached hydrogen (secondary N) is 1. The summed E-state index contributed by atoms with van der Waals surface area (Å²) in [4.78, 5) is 20.5. The van der Waals surface area contributed by atoms with Crippen molar-refractivity contribution in [1.29, 1.82) is 0 Å². The molecule has 0 fully saturated rings. The van der Waals surface area contributed by atoms with Crippen LogP contribution in [0.15, 0.2) is 59.5 Å². The number of halogens is 1. The highest BCUT2D eigenvalue weighted by Crippen LogP contribution is 2.19. The fourth-order valence-corrected chi connectivity index (χ4v) is 2.15. The van der Waals surface area contributed by atoms with Crippen LogP contribution in [0.2, 0.25) is 0 Å². The highest BCUT2D eigenvalue weighted by Gasteiger charge is 2.11. The Kier molecular flexibility index (Phi) is 4.42. The molecule has 0 aliphatic rings. The van der Waals surface area contributed by atoms with Crippen molar-refractivity contribution in [1.82, 2.24) is 15.3 Å². The normalized spacial score (nSPS) is 10.5. The van der Waals surface area contributed by atoms with Crippen molar-refractivity contribution in [3.63, 3.8) is 0 Å². The van der Waals surface area contributed by atoms with E-state index in [1.807, 2.05) is 0 Å². The molecule has 3 aromatic rings. The van der Waals surface area contributed by atoms with Crippen molar-refractivity contribution in [3.05, 3.63) is 72.1 Å². The van der Waals surface area contributed by atoms with Crippen LogP contribution in [-0.2, 0) is 17.8 Å². The molecule has 116 valence electrons. The Morgan fingerprint density at radius 1 is 1.13 bits per heavy atom. The van der Waals surface area contributed by atoms with E-state index in [4.69, 9.17) is 4.42 Å². The molecule has 1 amide bonds. The second-order valence-electron chi connectivity index (χ2n) is 4.91. The van der Waals surface area contributed by atoms with E-state index in [9.17, 15) is 9.18 Å². The van der Waals surface area contributed by atoms with Gasteiger partial charge in [0.05, 0.1) is 24.9 Å². The van der Waals surface area contributed by atoms with Gasteiger partial charge in [0.25, 0.3) is 0 Å². The number of benzene rings is 1. The number of carbonyl (C=O) groups excluding carboxylic acids is 1. The van der Waals surface area contributed by atoms with Gasteiger partial charge in [-0.05, 0) is 29.8 Å². The Morgan fingerprint density at radius 2 is 1.91 bits per heavy atom. The molecule has 5 nitrogen and oxygen atoms in total. The van der Waals surface area contributed by atoms with Crippen molar-refractivity contribution in [2.75, 3.05) is 0 Å². The van der Waals surface area contributed by atoms with Gasteiger partial charge in [-0.15, -0.1) is 0 Å². The van der Waals surface area contributed by atoms with Crippen molar-refractivity contribution >= 4 is 5.91 Å². The summed E-state index contributed by atoms with van der Waals surface area (Å²) in [6.07, 6.45) is 4.87. The molecule has 0 saturated carbocycles. The van der Waals surface area contributed by atoms with Gasteiger partial charge in [-0.3, -0.25) is 9.78 Å². The fraction of sp³-hybridized carbons (Fsp3) is 0.118. The first kappa shape index (κ1) is 14.9. The number of amides is 1. The molecule has 6 heteroatoms. The van der Waals surface area contributed by atoms with E-state index in [0.29, 0.717) is 17.1 Å². The van der Waals surface area contributed by atoms with Gasteiger partial charge in [-0.1, -0.05) is 12.1 Å². The maximum absolute atomic E-state index is 12.8. The van der Waals surface area contributed by atoms with Gasteiger partial charge in [0.15, 0.2) is 5.76 Å². The molecule has 0 atom stereocenters. The number of hydrogen-bond acceptors (Lipinski definition) is 4. The molecule has 0 radical (unpaired) electrons. The summed E-state index contributed by atoms with van der Waals surface area (Å²) in [6.45, 7) is 0.240. The van der Waals surface area contributed by atoms with E-state index in [-0.39, 0.29) is 24.7 Å². The minimum Gasteiger partial charge on any atom is -0.463 e. The van der Waals surface area contributed by atoms with Crippen molar-refractivity contribution in [2.24, 2.45) is 0 Å². The predicted molar refractivity (Wildman–Crippen MR) is 81.7 cm³/mol. The van der Waals surface area contributed by atoms with Crippen LogP contribution < -0.4 is 5.32 Å².